The molecule has 4 aliphatic rings. The highest BCUT2D eigenvalue weighted by atomic mass is 16.2. The molecule has 4 fully saturated rings. The minimum Gasteiger partial charge on any atom is -0.348 e. The third-order valence-corrected chi connectivity index (χ3v) is 5.55. The number of nitrogens with zero attached hydrogens (tertiary/aromatic N) is 3. The Hall–Kier alpha value is -0.650. The largest absolute Gasteiger partial charge is 0.348 e. The summed E-state index contributed by atoms with van der Waals surface area (Å²) in [4.78, 5) is 18.4. The SMILES string of the molecule is CN(C)C(=O)CN1CCC(NC2CN3CCC2CC3)CC1. The molecule has 21 heavy (non-hydrogen) atoms. The van der Waals surface area contributed by atoms with Crippen LogP contribution in [0.15, 0.2) is 0 Å². The fourth-order valence-corrected chi connectivity index (χ4v) is 4.05. The quantitative estimate of drug-likeness (QED) is 0.805. The normalized spacial score (nSPS) is 34.1. The van der Waals surface area contributed by atoms with Crippen molar-refractivity contribution in [1.82, 2.24) is 20.0 Å². The maximum atomic E-state index is 11.8. The van der Waals surface area contributed by atoms with Crippen molar-refractivity contribution in [3.8, 4) is 0 Å². The Morgan fingerprint density at radius 2 is 1.76 bits per heavy atom. The van der Waals surface area contributed by atoms with Gasteiger partial charge in [-0.25, -0.2) is 0 Å². The highest BCUT2D eigenvalue weighted by Crippen LogP contribution is 2.28. The van der Waals surface area contributed by atoms with Crippen molar-refractivity contribution < 1.29 is 4.79 Å². The van der Waals surface area contributed by atoms with Gasteiger partial charge in [0, 0.05) is 45.8 Å². The number of hydrogen-bond donors (Lipinski definition) is 1. The number of rotatable bonds is 4. The van der Waals surface area contributed by atoms with Crippen molar-refractivity contribution >= 4 is 5.91 Å². The Kier molecular flexibility index (Phi) is 4.82. The molecule has 4 rings (SSSR count). The lowest BCUT2D eigenvalue weighted by molar-refractivity contribution is -0.130. The molecule has 1 amide bonds. The predicted octanol–water partition coefficient (Wildman–Crippen LogP) is 0.223. The molecule has 1 N–H and O–H groups in total. The van der Waals surface area contributed by atoms with Crippen LogP contribution in [0, 0.1) is 5.92 Å². The van der Waals surface area contributed by atoms with Gasteiger partial charge in [-0.15, -0.1) is 0 Å². The van der Waals surface area contributed by atoms with Crippen LogP contribution in [0.25, 0.3) is 0 Å². The second-order valence-corrected chi connectivity index (χ2v) is 7.25. The van der Waals surface area contributed by atoms with Gasteiger partial charge in [-0.05, 0) is 44.7 Å². The summed E-state index contributed by atoms with van der Waals surface area (Å²) < 4.78 is 0. The maximum absolute atomic E-state index is 11.8. The van der Waals surface area contributed by atoms with Gasteiger partial charge in [-0.1, -0.05) is 0 Å². The molecule has 120 valence electrons. The molecule has 0 aromatic rings. The number of carbonyl (C=O) groups excluding carboxylic acids is 1. The molecule has 4 aliphatic heterocycles. The van der Waals surface area contributed by atoms with Crippen LogP contribution in [0.3, 0.4) is 0 Å². The first-order valence-corrected chi connectivity index (χ1v) is 8.53. The maximum Gasteiger partial charge on any atom is 0.236 e. The monoisotopic (exact) mass is 294 g/mol. The molecular formula is C16H30N4O. The molecule has 4 heterocycles. The third kappa shape index (κ3) is 3.76. The Balaban J connectivity index is 1.41. The van der Waals surface area contributed by atoms with E-state index in [4.69, 9.17) is 0 Å². The molecule has 1 unspecified atom stereocenters. The molecule has 5 heteroatoms. The Bertz CT molecular complexity index is 357. The molecule has 0 radical (unpaired) electrons. The number of fused-ring (bicyclic) bond motifs is 3. The van der Waals surface area contributed by atoms with E-state index in [2.05, 4.69) is 15.1 Å². The second kappa shape index (κ2) is 6.63. The Labute approximate surface area is 128 Å². The summed E-state index contributed by atoms with van der Waals surface area (Å²) in [7, 11) is 3.67. The first-order chi connectivity index (χ1) is 10.1. The average molecular weight is 294 g/mol. The number of likely N-dealkylation sites (tertiary alicyclic amines) is 1. The van der Waals surface area contributed by atoms with E-state index in [-0.39, 0.29) is 5.91 Å². The first-order valence-electron chi connectivity index (χ1n) is 8.53. The second-order valence-electron chi connectivity index (χ2n) is 7.25. The van der Waals surface area contributed by atoms with Crippen molar-refractivity contribution in [1.29, 1.82) is 0 Å². The average Bonchev–Trinajstić information content (AvgIpc) is 2.50. The molecule has 0 spiro atoms. The molecular weight excluding hydrogens is 264 g/mol. The van der Waals surface area contributed by atoms with E-state index in [1.807, 2.05) is 14.1 Å². The van der Waals surface area contributed by atoms with Crippen LogP contribution in [-0.2, 0) is 4.79 Å². The topological polar surface area (TPSA) is 38.8 Å². The Morgan fingerprint density at radius 3 is 2.29 bits per heavy atom. The summed E-state index contributed by atoms with van der Waals surface area (Å²) in [5.41, 5.74) is 0. The summed E-state index contributed by atoms with van der Waals surface area (Å²) in [5, 5.41) is 3.92. The van der Waals surface area contributed by atoms with Crippen LogP contribution in [-0.4, -0.2) is 86.1 Å². The minimum atomic E-state index is 0.221. The third-order valence-electron chi connectivity index (χ3n) is 5.55. The minimum absolute atomic E-state index is 0.221. The van der Waals surface area contributed by atoms with Gasteiger partial charge in [0.25, 0.3) is 0 Å². The van der Waals surface area contributed by atoms with E-state index in [9.17, 15) is 4.79 Å². The van der Waals surface area contributed by atoms with Gasteiger partial charge in [0.15, 0.2) is 0 Å². The van der Waals surface area contributed by atoms with Crippen LogP contribution in [0.1, 0.15) is 25.7 Å². The van der Waals surface area contributed by atoms with E-state index in [0.29, 0.717) is 18.6 Å². The van der Waals surface area contributed by atoms with Crippen molar-refractivity contribution in [2.24, 2.45) is 5.92 Å². The van der Waals surface area contributed by atoms with Crippen molar-refractivity contribution in [3.05, 3.63) is 0 Å². The highest BCUT2D eigenvalue weighted by Gasteiger charge is 2.35. The number of likely N-dealkylation sites (N-methyl/N-ethyl adjacent to an activating group) is 1. The van der Waals surface area contributed by atoms with Crippen LogP contribution in [0.4, 0.5) is 0 Å². The summed E-state index contributed by atoms with van der Waals surface area (Å²) >= 11 is 0. The molecule has 4 saturated heterocycles. The molecule has 1 atom stereocenters. The van der Waals surface area contributed by atoms with Crippen molar-refractivity contribution in [3.63, 3.8) is 0 Å². The predicted molar refractivity (Wildman–Crippen MR) is 84.2 cm³/mol. The van der Waals surface area contributed by atoms with E-state index in [0.717, 1.165) is 19.0 Å². The summed E-state index contributed by atoms with van der Waals surface area (Å²) in [6.45, 7) is 6.57. The van der Waals surface area contributed by atoms with Gasteiger partial charge in [0.1, 0.15) is 0 Å². The van der Waals surface area contributed by atoms with Crippen LogP contribution < -0.4 is 5.32 Å². The number of carbonyl (C=O) groups is 1. The van der Waals surface area contributed by atoms with Gasteiger partial charge in [-0.2, -0.15) is 0 Å². The van der Waals surface area contributed by atoms with E-state index in [1.54, 1.807) is 4.90 Å². The Morgan fingerprint density at radius 1 is 1.10 bits per heavy atom. The van der Waals surface area contributed by atoms with Crippen LogP contribution >= 0.6 is 0 Å². The summed E-state index contributed by atoms with van der Waals surface area (Å²) in [6.07, 6.45) is 5.13. The van der Waals surface area contributed by atoms with E-state index in [1.165, 1.54) is 45.3 Å². The molecule has 0 aliphatic carbocycles. The zero-order valence-electron chi connectivity index (χ0n) is 13.6. The van der Waals surface area contributed by atoms with Gasteiger partial charge in [-0.3, -0.25) is 9.69 Å². The van der Waals surface area contributed by atoms with Crippen molar-refractivity contribution in [2.45, 2.75) is 37.8 Å². The fourth-order valence-electron chi connectivity index (χ4n) is 4.05. The van der Waals surface area contributed by atoms with Gasteiger partial charge >= 0.3 is 0 Å². The lowest BCUT2D eigenvalue weighted by Gasteiger charge is -2.47. The van der Waals surface area contributed by atoms with Gasteiger partial charge in [0.05, 0.1) is 6.54 Å². The molecule has 2 bridgehead atoms. The molecule has 0 aromatic heterocycles. The molecule has 0 saturated carbocycles. The lowest BCUT2D eigenvalue weighted by atomic mass is 9.83. The zero-order valence-corrected chi connectivity index (χ0v) is 13.6. The first kappa shape index (κ1) is 15.3. The standard InChI is InChI=1S/C16H30N4O/c1-18(2)16(21)12-20-9-5-14(6-10-20)17-15-11-19-7-3-13(15)4-8-19/h13-15,17H,3-12H2,1-2H3. The van der Waals surface area contributed by atoms with Crippen molar-refractivity contribution in [2.75, 3.05) is 53.4 Å². The summed E-state index contributed by atoms with van der Waals surface area (Å²) in [5.74, 6) is 1.13. The summed E-state index contributed by atoms with van der Waals surface area (Å²) in [6, 6.07) is 1.37. The number of piperidine rings is 4. The van der Waals surface area contributed by atoms with Gasteiger partial charge in [0.2, 0.25) is 5.91 Å². The highest BCUT2D eigenvalue weighted by molar-refractivity contribution is 5.77. The number of nitrogens with one attached hydrogen (secondary N) is 1. The van der Waals surface area contributed by atoms with Gasteiger partial charge < -0.3 is 15.1 Å². The lowest BCUT2D eigenvalue weighted by Crippen LogP contribution is -2.59. The molecule has 0 aromatic carbocycles. The van der Waals surface area contributed by atoms with Crippen LogP contribution in [0.2, 0.25) is 0 Å². The van der Waals surface area contributed by atoms with E-state index >= 15 is 0 Å². The van der Waals surface area contributed by atoms with E-state index < -0.39 is 0 Å². The van der Waals surface area contributed by atoms with Crippen LogP contribution in [0.5, 0.6) is 0 Å². The smallest absolute Gasteiger partial charge is 0.236 e. The number of hydrogen-bond acceptors (Lipinski definition) is 4. The molecule has 5 nitrogen and oxygen atoms in total. The fraction of sp³-hybridized carbons (Fsp3) is 0.938. The zero-order chi connectivity index (χ0) is 14.8. The number of amides is 1.